The van der Waals surface area contributed by atoms with Gasteiger partial charge < -0.3 is 10.6 Å². The third kappa shape index (κ3) is 4.69. The number of hydrogen-bond donors (Lipinski definition) is 2. The first kappa shape index (κ1) is 14.4. The molecular formula is C13H18F2N2O. The van der Waals surface area contributed by atoms with Crippen LogP contribution in [0.2, 0.25) is 0 Å². The fourth-order valence-electron chi connectivity index (χ4n) is 1.45. The zero-order valence-corrected chi connectivity index (χ0v) is 10.8. The van der Waals surface area contributed by atoms with Gasteiger partial charge in [-0.3, -0.25) is 4.79 Å². The summed E-state index contributed by atoms with van der Waals surface area (Å²) in [6.07, 6.45) is 0.158. The molecule has 0 fully saturated rings. The number of rotatable bonds is 4. The van der Waals surface area contributed by atoms with Gasteiger partial charge in [-0.1, -0.05) is 6.07 Å². The molecule has 0 radical (unpaired) electrons. The first-order chi connectivity index (χ1) is 8.29. The van der Waals surface area contributed by atoms with Gasteiger partial charge >= 0.3 is 0 Å². The van der Waals surface area contributed by atoms with E-state index in [1.165, 1.54) is 18.2 Å². The molecule has 5 heteroatoms. The molecule has 18 heavy (non-hydrogen) atoms. The van der Waals surface area contributed by atoms with Crippen molar-refractivity contribution >= 4 is 11.6 Å². The Bertz CT molecular complexity index is 407. The lowest BCUT2D eigenvalue weighted by molar-refractivity contribution is -0.122. The highest BCUT2D eigenvalue weighted by Gasteiger charge is 2.13. The molecule has 1 amide bonds. The summed E-state index contributed by atoms with van der Waals surface area (Å²) in [6, 6.07) is 3.63. The Morgan fingerprint density at radius 3 is 2.28 bits per heavy atom. The smallest absolute Gasteiger partial charge is 0.222 e. The third-order valence-electron chi connectivity index (χ3n) is 2.13. The molecule has 0 saturated carbocycles. The van der Waals surface area contributed by atoms with E-state index in [1.54, 1.807) is 0 Å². The second kappa shape index (κ2) is 5.80. The average Bonchev–Trinajstić information content (AvgIpc) is 2.19. The fraction of sp³-hybridized carbons (Fsp3) is 0.462. The van der Waals surface area contributed by atoms with E-state index in [0.717, 1.165) is 0 Å². The van der Waals surface area contributed by atoms with Crippen LogP contribution in [-0.2, 0) is 4.79 Å². The van der Waals surface area contributed by atoms with Gasteiger partial charge in [-0.2, -0.15) is 0 Å². The van der Waals surface area contributed by atoms with Gasteiger partial charge in [0.15, 0.2) is 0 Å². The van der Waals surface area contributed by atoms with Crippen molar-refractivity contribution in [1.29, 1.82) is 0 Å². The number of nitrogens with one attached hydrogen (secondary N) is 2. The minimum Gasteiger partial charge on any atom is -0.380 e. The molecule has 0 aromatic heterocycles. The van der Waals surface area contributed by atoms with E-state index in [-0.39, 0.29) is 30.1 Å². The Kier molecular flexibility index (Phi) is 4.64. The number of halogens is 2. The molecule has 0 aliphatic heterocycles. The van der Waals surface area contributed by atoms with Gasteiger partial charge in [-0.05, 0) is 32.9 Å². The molecule has 1 aromatic rings. The van der Waals surface area contributed by atoms with Crippen LogP contribution < -0.4 is 10.6 Å². The second-order valence-electron chi connectivity index (χ2n) is 5.07. The van der Waals surface area contributed by atoms with Gasteiger partial charge in [0.25, 0.3) is 0 Å². The predicted octanol–water partition coefficient (Wildman–Crippen LogP) is 2.68. The van der Waals surface area contributed by atoms with E-state index in [4.69, 9.17) is 0 Å². The van der Waals surface area contributed by atoms with Crippen molar-refractivity contribution in [2.75, 3.05) is 11.9 Å². The van der Waals surface area contributed by atoms with Gasteiger partial charge in [-0.25, -0.2) is 8.78 Å². The van der Waals surface area contributed by atoms with Crippen molar-refractivity contribution in [3.05, 3.63) is 29.8 Å². The maximum atomic E-state index is 13.2. The summed E-state index contributed by atoms with van der Waals surface area (Å²) in [7, 11) is 0. The number of carbonyl (C=O) groups is 1. The molecule has 0 spiro atoms. The lowest BCUT2D eigenvalue weighted by Gasteiger charge is -2.20. The molecule has 0 aliphatic rings. The predicted molar refractivity (Wildman–Crippen MR) is 67.4 cm³/mol. The third-order valence-corrected chi connectivity index (χ3v) is 2.13. The Labute approximate surface area is 106 Å². The number of anilines is 1. The lowest BCUT2D eigenvalue weighted by Crippen LogP contribution is -2.41. The first-order valence-electron chi connectivity index (χ1n) is 5.78. The van der Waals surface area contributed by atoms with Crippen LogP contribution in [0, 0.1) is 11.6 Å². The summed E-state index contributed by atoms with van der Waals surface area (Å²) in [6.45, 7) is 5.79. The molecular weight excluding hydrogens is 238 g/mol. The molecule has 0 unspecified atom stereocenters. The van der Waals surface area contributed by atoms with Crippen molar-refractivity contribution in [2.45, 2.75) is 32.7 Å². The summed E-state index contributed by atoms with van der Waals surface area (Å²) in [5.41, 5.74) is -0.499. The van der Waals surface area contributed by atoms with Gasteiger partial charge in [0.05, 0.1) is 0 Å². The standard InChI is InChI=1S/C13H18F2N2O/c1-13(2,3)17-11(18)7-8-16-12-9(14)5-4-6-10(12)15/h4-6,16H,7-8H2,1-3H3,(H,17,18). The minimum absolute atomic E-state index is 0.158. The average molecular weight is 256 g/mol. The van der Waals surface area contributed by atoms with E-state index in [1.807, 2.05) is 20.8 Å². The van der Waals surface area contributed by atoms with Gasteiger partial charge in [0, 0.05) is 18.5 Å². The summed E-state index contributed by atoms with van der Waals surface area (Å²) < 4.78 is 26.5. The zero-order valence-electron chi connectivity index (χ0n) is 10.8. The Balaban J connectivity index is 2.45. The molecule has 0 heterocycles. The van der Waals surface area contributed by atoms with Crippen LogP contribution in [0.1, 0.15) is 27.2 Å². The number of para-hydroxylation sites is 1. The quantitative estimate of drug-likeness (QED) is 0.869. The van der Waals surface area contributed by atoms with E-state index in [0.29, 0.717) is 0 Å². The number of amides is 1. The van der Waals surface area contributed by atoms with Crippen molar-refractivity contribution in [3.8, 4) is 0 Å². The SMILES string of the molecule is CC(C)(C)NC(=O)CCNc1c(F)cccc1F. The summed E-state index contributed by atoms with van der Waals surface area (Å²) in [5, 5.41) is 5.36. The van der Waals surface area contributed by atoms with Crippen LogP contribution in [0.4, 0.5) is 14.5 Å². The maximum Gasteiger partial charge on any atom is 0.222 e. The van der Waals surface area contributed by atoms with Crippen molar-refractivity contribution in [1.82, 2.24) is 5.32 Å². The highest BCUT2D eigenvalue weighted by Crippen LogP contribution is 2.17. The Morgan fingerprint density at radius 2 is 1.78 bits per heavy atom. The maximum absolute atomic E-state index is 13.2. The molecule has 2 N–H and O–H groups in total. The van der Waals surface area contributed by atoms with Gasteiger partial charge in [0.2, 0.25) is 5.91 Å². The molecule has 0 aliphatic carbocycles. The van der Waals surface area contributed by atoms with Crippen molar-refractivity contribution < 1.29 is 13.6 Å². The summed E-state index contributed by atoms with van der Waals surface area (Å²) in [4.78, 5) is 11.5. The molecule has 3 nitrogen and oxygen atoms in total. The van der Waals surface area contributed by atoms with Crippen LogP contribution in [0.25, 0.3) is 0 Å². The normalized spacial score (nSPS) is 11.2. The highest BCUT2D eigenvalue weighted by molar-refractivity contribution is 5.77. The molecule has 0 atom stereocenters. The van der Waals surface area contributed by atoms with Crippen LogP contribution in [-0.4, -0.2) is 18.0 Å². The van der Waals surface area contributed by atoms with Crippen LogP contribution in [0.15, 0.2) is 18.2 Å². The van der Waals surface area contributed by atoms with Crippen molar-refractivity contribution in [2.24, 2.45) is 0 Å². The number of benzene rings is 1. The Morgan fingerprint density at radius 1 is 1.22 bits per heavy atom. The van der Waals surface area contributed by atoms with E-state index < -0.39 is 11.6 Å². The monoisotopic (exact) mass is 256 g/mol. The van der Waals surface area contributed by atoms with E-state index >= 15 is 0 Å². The zero-order chi connectivity index (χ0) is 13.8. The van der Waals surface area contributed by atoms with Crippen LogP contribution in [0.5, 0.6) is 0 Å². The topological polar surface area (TPSA) is 41.1 Å². The molecule has 0 bridgehead atoms. The summed E-state index contributed by atoms with van der Waals surface area (Å²) >= 11 is 0. The lowest BCUT2D eigenvalue weighted by atomic mass is 10.1. The highest BCUT2D eigenvalue weighted by atomic mass is 19.1. The van der Waals surface area contributed by atoms with Gasteiger partial charge in [0.1, 0.15) is 17.3 Å². The van der Waals surface area contributed by atoms with Crippen LogP contribution in [0.3, 0.4) is 0 Å². The molecule has 100 valence electrons. The van der Waals surface area contributed by atoms with E-state index in [2.05, 4.69) is 10.6 Å². The van der Waals surface area contributed by atoms with Crippen molar-refractivity contribution in [3.63, 3.8) is 0 Å². The largest absolute Gasteiger partial charge is 0.380 e. The Hall–Kier alpha value is -1.65. The molecule has 1 aromatic carbocycles. The van der Waals surface area contributed by atoms with Crippen LogP contribution >= 0.6 is 0 Å². The second-order valence-corrected chi connectivity index (χ2v) is 5.07. The first-order valence-corrected chi connectivity index (χ1v) is 5.78. The molecule has 1 rings (SSSR count). The fourth-order valence-corrected chi connectivity index (χ4v) is 1.45. The molecule has 0 saturated heterocycles. The number of hydrogen-bond acceptors (Lipinski definition) is 2. The minimum atomic E-state index is -0.661. The van der Waals surface area contributed by atoms with Gasteiger partial charge in [-0.15, -0.1) is 0 Å². The van der Waals surface area contributed by atoms with E-state index in [9.17, 15) is 13.6 Å². The summed E-state index contributed by atoms with van der Waals surface area (Å²) in [5.74, 6) is -1.48. The number of carbonyl (C=O) groups excluding carboxylic acids is 1.